The second kappa shape index (κ2) is 13.6. The molecule has 0 aliphatic carbocycles. The van der Waals surface area contributed by atoms with E-state index in [0.717, 1.165) is 12.8 Å². The Hall–Kier alpha value is -3.61. The van der Waals surface area contributed by atoms with E-state index in [1.54, 1.807) is 76.2 Å². The van der Waals surface area contributed by atoms with Gasteiger partial charge in [-0.05, 0) is 79.0 Å². The van der Waals surface area contributed by atoms with Crippen LogP contribution in [0.5, 0.6) is 0 Å². The maximum atomic E-state index is 15.7. The third-order valence-corrected chi connectivity index (χ3v) is 9.27. The predicted molar refractivity (Wildman–Crippen MR) is 174 cm³/mol. The van der Waals surface area contributed by atoms with Crippen LogP contribution in [0.25, 0.3) is 16.8 Å². The van der Waals surface area contributed by atoms with Gasteiger partial charge < -0.3 is 5.32 Å². The maximum absolute atomic E-state index is 15.7. The monoisotopic (exact) mass is 685 g/mol. The average molecular weight is 687 g/mol. The third kappa shape index (κ3) is 7.72. The maximum Gasteiger partial charge on any atom is 0.351 e. The fourth-order valence-corrected chi connectivity index (χ4v) is 6.75. The summed E-state index contributed by atoms with van der Waals surface area (Å²) in [5.74, 6) is -0.241. The van der Waals surface area contributed by atoms with Crippen molar-refractivity contribution in [2.45, 2.75) is 77.3 Å². The van der Waals surface area contributed by atoms with Gasteiger partial charge in [-0.3, -0.25) is 9.36 Å². The Morgan fingerprint density at radius 1 is 1.05 bits per heavy atom. The Kier molecular flexibility index (Phi) is 10.3. The van der Waals surface area contributed by atoms with E-state index in [2.05, 4.69) is 31.1 Å². The van der Waals surface area contributed by atoms with Crippen molar-refractivity contribution in [2.75, 3.05) is 5.32 Å². The first kappa shape index (κ1) is 33.3. The molecular formula is C32H37BrFN5O4S. The van der Waals surface area contributed by atoms with Gasteiger partial charge >= 0.3 is 5.69 Å². The van der Waals surface area contributed by atoms with Crippen LogP contribution in [0.15, 0.2) is 74.8 Å². The largest absolute Gasteiger partial charge is 0.351 e. The molecular weight excluding hydrogens is 649 g/mol. The number of unbranched alkanes of at least 4 members (excludes halogenated alkanes) is 1. The van der Waals surface area contributed by atoms with Crippen molar-refractivity contribution in [2.24, 2.45) is 0 Å². The molecule has 2 N–H and O–H groups in total. The third-order valence-electron chi connectivity index (χ3n) is 6.78. The van der Waals surface area contributed by atoms with Crippen LogP contribution in [-0.4, -0.2) is 34.2 Å². The van der Waals surface area contributed by atoms with Gasteiger partial charge in [-0.2, -0.15) is 4.68 Å². The SMILES string of the molecule is CCCCc1nn(-c2cc(NC(=O)CC)ccc2Br)c(=O)n1Cc1ccc(-c2ccccc2S(=O)(=O)NC(C)(C)C)cc1F. The van der Waals surface area contributed by atoms with Crippen LogP contribution in [-0.2, 0) is 27.8 Å². The molecule has 3 aromatic carbocycles. The highest BCUT2D eigenvalue weighted by Crippen LogP contribution is 2.30. The first-order valence-corrected chi connectivity index (χ1v) is 16.7. The van der Waals surface area contributed by atoms with Crippen molar-refractivity contribution < 1.29 is 17.6 Å². The van der Waals surface area contributed by atoms with Gasteiger partial charge in [0.15, 0.2) is 0 Å². The number of hydrogen-bond donors (Lipinski definition) is 2. The van der Waals surface area contributed by atoms with E-state index in [0.29, 0.717) is 45.6 Å². The minimum Gasteiger partial charge on any atom is -0.326 e. The summed E-state index contributed by atoms with van der Waals surface area (Å²) in [4.78, 5) is 25.7. The molecule has 234 valence electrons. The van der Waals surface area contributed by atoms with E-state index in [4.69, 9.17) is 0 Å². The molecule has 0 bridgehead atoms. The highest BCUT2D eigenvalue weighted by molar-refractivity contribution is 9.10. The molecule has 0 atom stereocenters. The number of anilines is 1. The fourth-order valence-electron chi connectivity index (χ4n) is 4.69. The van der Waals surface area contributed by atoms with Gasteiger partial charge in [-0.15, -0.1) is 5.10 Å². The first-order chi connectivity index (χ1) is 20.7. The quantitative estimate of drug-likeness (QED) is 0.189. The van der Waals surface area contributed by atoms with E-state index in [9.17, 15) is 18.0 Å². The van der Waals surface area contributed by atoms with E-state index < -0.39 is 27.1 Å². The van der Waals surface area contributed by atoms with Crippen LogP contribution in [0.2, 0.25) is 0 Å². The Morgan fingerprint density at radius 3 is 2.43 bits per heavy atom. The minimum atomic E-state index is -3.88. The van der Waals surface area contributed by atoms with Gasteiger partial charge in [-0.25, -0.2) is 22.3 Å². The summed E-state index contributed by atoms with van der Waals surface area (Å²) in [5.41, 5.74) is 0.821. The normalized spacial score (nSPS) is 12.0. The van der Waals surface area contributed by atoms with Gasteiger partial charge in [0.25, 0.3) is 0 Å². The number of aryl methyl sites for hydroxylation is 1. The van der Waals surface area contributed by atoms with Crippen molar-refractivity contribution in [3.8, 4) is 16.8 Å². The molecule has 1 amide bonds. The minimum absolute atomic E-state index is 0.0457. The van der Waals surface area contributed by atoms with Crippen molar-refractivity contribution >= 4 is 37.5 Å². The van der Waals surface area contributed by atoms with Gasteiger partial charge in [-0.1, -0.05) is 50.6 Å². The lowest BCUT2D eigenvalue weighted by molar-refractivity contribution is -0.115. The Balaban J connectivity index is 1.73. The molecule has 0 radical (unpaired) electrons. The second-order valence-electron chi connectivity index (χ2n) is 11.5. The summed E-state index contributed by atoms with van der Waals surface area (Å²) in [7, 11) is -3.88. The van der Waals surface area contributed by atoms with Gasteiger partial charge in [0.1, 0.15) is 11.6 Å². The zero-order valence-electron chi connectivity index (χ0n) is 25.4. The summed E-state index contributed by atoms with van der Waals surface area (Å²) < 4.78 is 47.9. The van der Waals surface area contributed by atoms with Crippen LogP contribution in [0.1, 0.15) is 65.3 Å². The van der Waals surface area contributed by atoms with Crippen molar-refractivity contribution in [1.82, 2.24) is 19.1 Å². The number of aromatic nitrogens is 3. The molecule has 0 fully saturated rings. The van der Waals surface area contributed by atoms with E-state index in [-0.39, 0.29) is 22.9 Å². The molecule has 4 aromatic rings. The number of carbonyl (C=O) groups is 1. The Bertz CT molecular complexity index is 1840. The van der Waals surface area contributed by atoms with Crippen LogP contribution >= 0.6 is 15.9 Å². The van der Waals surface area contributed by atoms with Gasteiger partial charge in [0, 0.05) is 39.7 Å². The van der Waals surface area contributed by atoms with Gasteiger partial charge in [0.2, 0.25) is 15.9 Å². The molecule has 9 nitrogen and oxygen atoms in total. The lowest BCUT2D eigenvalue weighted by Gasteiger charge is -2.21. The molecule has 1 heterocycles. The molecule has 0 saturated heterocycles. The second-order valence-corrected chi connectivity index (χ2v) is 14.0. The first-order valence-electron chi connectivity index (χ1n) is 14.4. The van der Waals surface area contributed by atoms with Gasteiger partial charge in [0.05, 0.1) is 17.1 Å². The number of rotatable bonds is 11. The lowest BCUT2D eigenvalue weighted by Crippen LogP contribution is -2.40. The number of halogens is 2. The summed E-state index contributed by atoms with van der Waals surface area (Å²) in [5, 5.41) is 7.40. The topological polar surface area (TPSA) is 115 Å². The molecule has 4 rings (SSSR count). The fraction of sp³-hybridized carbons (Fsp3) is 0.344. The lowest BCUT2D eigenvalue weighted by atomic mass is 10.0. The molecule has 0 spiro atoms. The molecule has 44 heavy (non-hydrogen) atoms. The highest BCUT2D eigenvalue weighted by Gasteiger charge is 2.25. The average Bonchev–Trinajstić information content (AvgIpc) is 3.26. The Labute approximate surface area is 265 Å². The molecule has 0 saturated carbocycles. The number of nitrogens with one attached hydrogen (secondary N) is 2. The highest BCUT2D eigenvalue weighted by atomic mass is 79.9. The molecule has 0 aliphatic heterocycles. The molecule has 0 aliphatic rings. The van der Waals surface area contributed by atoms with E-state index in [1.165, 1.54) is 21.4 Å². The molecule has 0 unspecified atom stereocenters. The number of carbonyl (C=O) groups excluding carboxylic acids is 1. The number of amides is 1. The number of nitrogens with zero attached hydrogens (tertiary/aromatic N) is 3. The zero-order chi connectivity index (χ0) is 32.2. The number of hydrogen-bond acceptors (Lipinski definition) is 5. The summed E-state index contributed by atoms with van der Waals surface area (Å²) in [6, 6.07) is 16.1. The summed E-state index contributed by atoms with van der Waals surface area (Å²) >= 11 is 3.49. The Morgan fingerprint density at radius 2 is 1.77 bits per heavy atom. The molecule has 1 aromatic heterocycles. The number of benzene rings is 3. The van der Waals surface area contributed by atoms with E-state index >= 15 is 4.39 Å². The molecule has 12 heteroatoms. The summed E-state index contributed by atoms with van der Waals surface area (Å²) in [6.07, 6.45) is 2.47. The van der Waals surface area contributed by atoms with Crippen LogP contribution in [0, 0.1) is 5.82 Å². The van der Waals surface area contributed by atoms with Crippen LogP contribution in [0.4, 0.5) is 10.1 Å². The van der Waals surface area contributed by atoms with Crippen LogP contribution in [0.3, 0.4) is 0 Å². The van der Waals surface area contributed by atoms with E-state index in [1.807, 2.05) is 6.92 Å². The van der Waals surface area contributed by atoms with Crippen molar-refractivity contribution in [1.29, 1.82) is 0 Å². The standard InChI is InChI=1S/C32H37BrFN5O4S/c1-6-8-13-29-36-39(27-19-23(16-17-25(27)33)35-30(40)7-2)31(41)38(29)20-22-15-14-21(18-26(22)34)24-11-9-10-12-28(24)44(42,43)37-32(3,4)5/h9-12,14-19,37H,6-8,13,20H2,1-5H3,(H,35,40). The van der Waals surface area contributed by atoms with Crippen LogP contribution < -0.4 is 15.7 Å². The zero-order valence-corrected chi connectivity index (χ0v) is 27.9. The van der Waals surface area contributed by atoms with Crippen molar-refractivity contribution in [3.05, 3.63) is 92.8 Å². The smallest absolute Gasteiger partial charge is 0.326 e. The predicted octanol–water partition coefficient (Wildman–Crippen LogP) is 6.42. The van der Waals surface area contributed by atoms with Crippen molar-refractivity contribution in [3.63, 3.8) is 0 Å². The summed E-state index contributed by atoms with van der Waals surface area (Å²) in [6.45, 7) is 8.96. The number of sulfonamides is 1.